The molecule has 1 aromatic heterocycles. The third kappa shape index (κ3) is 2.91. The highest BCUT2D eigenvalue weighted by molar-refractivity contribution is 7.99. The van der Waals surface area contributed by atoms with E-state index in [1.165, 1.54) is 22.9 Å². The Kier molecular flexibility index (Phi) is 4.05. The number of nitrogen functional groups attached to an aromatic ring is 1. The zero-order chi connectivity index (χ0) is 13.3. The molecular weight excluding hydrogens is 287 g/mol. The Labute approximate surface area is 121 Å². The molecule has 18 heavy (non-hydrogen) atoms. The zero-order valence-corrected chi connectivity index (χ0v) is 12.3. The number of hydrogen-bond acceptors (Lipinski definition) is 3. The number of hydrogen-bond donors (Lipinski definition) is 1. The highest BCUT2D eigenvalue weighted by Crippen LogP contribution is 2.36. The molecule has 0 aliphatic rings. The first-order valence-electron chi connectivity index (χ1n) is 5.34. The maximum atomic E-state index is 6.11. The van der Waals surface area contributed by atoms with Crippen LogP contribution in [0.15, 0.2) is 34.2 Å². The van der Waals surface area contributed by atoms with Crippen LogP contribution >= 0.6 is 35.0 Å². The minimum atomic E-state index is 0.299. The van der Waals surface area contributed by atoms with E-state index in [2.05, 4.69) is 37.0 Å². The van der Waals surface area contributed by atoms with Gasteiger partial charge in [-0.2, -0.15) is 0 Å². The second-order valence-electron chi connectivity index (χ2n) is 4.01. The summed E-state index contributed by atoms with van der Waals surface area (Å²) in [7, 11) is 0. The van der Waals surface area contributed by atoms with E-state index in [-0.39, 0.29) is 0 Å². The molecule has 2 nitrogen and oxygen atoms in total. The van der Waals surface area contributed by atoms with Crippen LogP contribution in [0.25, 0.3) is 0 Å². The molecule has 0 atom stereocenters. The van der Waals surface area contributed by atoms with Crippen molar-refractivity contribution >= 4 is 40.8 Å². The maximum Gasteiger partial charge on any atom is 0.143 e. The molecule has 0 saturated heterocycles. The first kappa shape index (κ1) is 13.5. The highest BCUT2D eigenvalue weighted by Gasteiger charge is 2.10. The van der Waals surface area contributed by atoms with E-state index in [0.717, 1.165) is 4.90 Å². The summed E-state index contributed by atoms with van der Waals surface area (Å²) < 4.78 is 0. The lowest BCUT2D eigenvalue weighted by molar-refractivity contribution is 1.14. The molecule has 0 unspecified atom stereocenters. The van der Waals surface area contributed by atoms with Gasteiger partial charge in [0.05, 0.1) is 10.0 Å². The van der Waals surface area contributed by atoms with Crippen LogP contribution in [-0.2, 0) is 0 Å². The summed E-state index contributed by atoms with van der Waals surface area (Å²) in [5.74, 6) is 0.299. The monoisotopic (exact) mass is 298 g/mol. The molecule has 5 heteroatoms. The molecule has 0 fully saturated rings. The van der Waals surface area contributed by atoms with E-state index in [1.807, 2.05) is 0 Å². The van der Waals surface area contributed by atoms with Crippen LogP contribution in [0.1, 0.15) is 11.1 Å². The lowest BCUT2D eigenvalue weighted by atomic mass is 10.2. The lowest BCUT2D eigenvalue weighted by Crippen LogP contribution is -1.94. The van der Waals surface area contributed by atoms with Crippen molar-refractivity contribution in [1.82, 2.24) is 4.98 Å². The molecule has 0 bridgehead atoms. The Morgan fingerprint density at radius 1 is 1.11 bits per heavy atom. The zero-order valence-electron chi connectivity index (χ0n) is 10.00. The summed E-state index contributed by atoms with van der Waals surface area (Å²) >= 11 is 13.5. The molecule has 2 N–H and O–H groups in total. The van der Waals surface area contributed by atoms with Crippen molar-refractivity contribution in [3.63, 3.8) is 0 Å². The molecule has 0 saturated carbocycles. The Hall–Kier alpha value is -0.900. The number of nitrogens with two attached hydrogens (primary N) is 1. The standard InChI is InChI=1S/C13H12Cl2N2S/c1-7-3-4-11(8(2)5-7)18-13-10(15)6-9(14)12(16)17-13/h3-6H,1-2H3,(H2,16,17). The Morgan fingerprint density at radius 2 is 1.83 bits per heavy atom. The first-order valence-corrected chi connectivity index (χ1v) is 6.91. The topological polar surface area (TPSA) is 38.9 Å². The average molecular weight is 299 g/mol. The van der Waals surface area contributed by atoms with Gasteiger partial charge in [-0.25, -0.2) is 4.98 Å². The molecule has 1 aromatic carbocycles. The second-order valence-corrected chi connectivity index (χ2v) is 5.86. The molecule has 94 valence electrons. The van der Waals surface area contributed by atoms with Gasteiger partial charge in [-0.1, -0.05) is 52.7 Å². The molecular formula is C13H12Cl2N2S. The number of rotatable bonds is 2. The number of anilines is 1. The molecule has 2 aromatic rings. The van der Waals surface area contributed by atoms with E-state index in [0.29, 0.717) is 20.9 Å². The number of benzene rings is 1. The van der Waals surface area contributed by atoms with Crippen molar-refractivity contribution in [2.45, 2.75) is 23.8 Å². The normalized spacial score (nSPS) is 10.7. The third-order valence-corrected chi connectivity index (χ3v) is 4.35. The summed E-state index contributed by atoms with van der Waals surface area (Å²) in [6.45, 7) is 4.12. The van der Waals surface area contributed by atoms with E-state index >= 15 is 0 Å². The second kappa shape index (κ2) is 5.39. The smallest absolute Gasteiger partial charge is 0.143 e. The Bertz CT molecular complexity index is 600. The molecule has 0 amide bonds. The third-order valence-electron chi connectivity index (χ3n) is 2.46. The molecule has 0 spiro atoms. The van der Waals surface area contributed by atoms with Gasteiger partial charge in [0.1, 0.15) is 10.8 Å². The number of halogens is 2. The van der Waals surface area contributed by atoms with Crippen LogP contribution < -0.4 is 5.73 Å². The molecule has 2 rings (SSSR count). The summed E-state index contributed by atoms with van der Waals surface area (Å²) in [4.78, 5) is 5.32. The van der Waals surface area contributed by atoms with Crippen molar-refractivity contribution in [2.75, 3.05) is 5.73 Å². The lowest BCUT2D eigenvalue weighted by Gasteiger charge is -2.08. The highest BCUT2D eigenvalue weighted by atomic mass is 35.5. The van der Waals surface area contributed by atoms with Gasteiger partial charge in [-0.15, -0.1) is 0 Å². The maximum absolute atomic E-state index is 6.11. The molecule has 1 heterocycles. The van der Waals surface area contributed by atoms with Gasteiger partial charge in [0, 0.05) is 4.90 Å². The molecule has 0 aliphatic heterocycles. The number of nitrogens with zero attached hydrogens (tertiary/aromatic N) is 1. The van der Waals surface area contributed by atoms with E-state index in [4.69, 9.17) is 28.9 Å². The number of aromatic nitrogens is 1. The van der Waals surface area contributed by atoms with Gasteiger partial charge in [0.15, 0.2) is 0 Å². The molecule has 0 radical (unpaired) electrons. The van der Waals surface area contributed by atoms with Gasteiger partial charge in [-0.3, -0.25) is 0 Å². The summed E-state index contributed by atoms with van der Waals surface area (Å²) in [6.07, 6.45) is 0. The fraction of sp³-hybridized carbons (Fsp3) is 0.154. The van der Waals surface area contributed by atoms with Crippen LogP contribution in [0, 0.1) is 13.8 Å². The predicted molar refractivity (Wildman–Crippen MR) is 78.7 cm³/mol. The van der Waals surface area contributed by atoms with Gasteiger partial charge >= 0.3 is 0 Å². The van der Waals surface area contributed by atoms with Gasteiger partial charge in [0.2, 0.25) is 0 Å². The SMILES string of the molecule is Cc1ccc(Sc2nc(N)c(Cl)cc2Cl)c(C)c1. The van der Waals surface area contributed by atoms with E-state index in [1.54, 1.807) is 6.07 Å². The van der Waals surface area contributed by atoms with Crippen molar-refractivity contribution in [3.8, 4) is 0 Å². The number of aryl methyl sites for hydroxylation is 2. The van der Waals surface area contributed by atoms with Crippen molar-refractivity contribution in [1.29, 1.82) is 0 Å². The van der Waals surface area contributed by atoms with Gasteiger partial charge in [0.25, 0.3) is 0 Å². The summed E-state index contributed by atoms with van der Waals surface area (Å²) in [6, 6.07) is 7.85. The predicted octanol–water partition coefficient (Wildman–Crippen LogP) is 4.74. The van der Waals surface area contributed by atoms with Crippen molar-refractivity contribution < 1.29 is 0 Å². The van der Waals surface area contributed by atoms with Crippen LogP contribution in [-0.4, -0.2) is 4.98 Å². The fourth-order valence-electron chi connectivity index (χ4n) is 1.55. The van der Waals surface area contributed by atoms with Crippen LogP contribution in [0.4, 0.5) is 5.82 Å². The van der Waals surface area contributed by atoms with E-state index < -0.39 is 0 Å². The van der Waals surface area contributed by atoms with Crippen LogP contribution in [0.3, 0.4) is 0 Å². The van der Waals surface area contributed by atoms with Crippen molar-refractivity contribution in [3.05, 3.63) is 45.4 Å². The Morgan fingerprint density at radius 3 is 2.50 bits per heavy atom. The minimum absolute atomic E-state index is 0.299. The largest absolute Gasteiger partial charge is 0.382 e. The first-order chi connectivity index (χ1) is 8.47. The van der Waals surface area contributed by atoms with E-state index in [9.17, 15) is 0 Å². The summed E-state index contributed by atoms with van der Waals surface area (Å²) in [5.41, 5.74) is 8.11. The van der Waals surface area contributed by atoms with Crippen LogP contribution in [0.2, 0.25) is 10.0 Å². The minimum Gasteiger partial charge on any atom is -0.382 e. The quantitative estimate of drug-likeness (QED) is 0.870. The van der Waals surface area contributed by atoms with Gasteiger partial charge < -0.3 is 5.73 Å². The number of pyridine rings is 1. The molecule has 0 aliphatic carbocycles. The van der Waals surface area contributed by atoms with Crippen LogP contribution in [0.5, 0.6) is 0 Å². The van der Waals surface area contributed by atoms with Gasteiger partial charge in [-0.05, 0) is 31.5 Å². The summed E-state index contributed by atoms with van der Waals surface area (Å²) in [5, 5.41) is 1.56. The van der Waals surface area contributed by atoms with Crippen molar-refractivity contribution in [2.24, 2.45) is 0 Å². The fourth-order valence-corrected chi connectivity index (χ4v) is 2.89. The average Bonchev–Trinajstić information content (AvgIpc) is 2.29. The Balaban J connectivity index is 2.37.